The highest BCUT2D eigenvalue weighted by atomic mass is 79.9. The van der Waals surface area contributed by atoms with Gasteiger partial charge in [0.25, 0.3) is 5.91 Å². The normalized spacial score (nSPS) is 9.81. The lowest BCUT2D eigenvalue weighted by Gasteiger charge is -2.10. The van der Waals surface area contributed by atoms with Crippen LogP contribution in [0.25, 0.3) is 0 Å². The van der Waals surface area contributed by atoms with Crippen molar-refractivity contribution in [3.8, 4) is 11.8 Å². The Balaban J connectivity index is 2.33. The maximum atomic E-state index is 13.1. The second-order valence-electron chi connectivity index (χ2n) is 4.10. The molecule has 0 unspecified atom stereocenters. The van der Waals surface area contributed by atoms with Crippen molar-refractivity contribution in [2.75, 3.05) is 12.4 Å². The van der Waals surface area contributed by atoms with Gasteiger partial charge in [0.2, 0.25) is 0 Å². The summed E-state index contributed by atoms with van der Waals surface area (Å²) in [6.45, 7) is 0. The molecule has 0 aliphatic heterocycles. The van der Waals surface area contributed by atoms with Crippen molar-refractivity contribution in [1.82, 2.24) is 0 Å². The van der Waals surface area contributed by atoms with Gasteiger partial charge in [-0.15, -0.1) is 0 Å². The largest absolute Gasteiger partial charge is 0.496 e. The van der Waals surface area contributed by atoms with E-state index in [9.17, 15) is 9.18 Å². The number of nitrogens with one attached hydrogen (secondary N) is 1. The van der Waals surface area contributed by atoms with Gasteiger partial charge in [-0.2, -0.15) is 5.26 Å². The fraction of sp³-hybridized carbons (Fsp3) is 0.0667. The van der Waals surface area contributed by atoms with Crippen LogP contribution in [0, 0.1) is 17.1 Å². The molecular formula is C15H10BrFN2O2. The van der Waals surface area contributed by atoms with Gasteiger partial charge in [0.05, 0.1) is 23.9 Å². The van der Waals surface area contributed by atoms with Gasteiger partial charge in [0.15, 0.2) is 0 Å². The van der Waals surface area contributed by atoms with Crippen LogP contribution in [0.4, 0.5) is 10.1 Å². The van der Waals surface area contributed by atoms with Crippen LogP contribution in [0.2, 0.25) is 0 Å². The summed E-state index contributed by atoms with van der Waals surface area (Å²) in [5, 5.41) is 11.5. The zero-order chi connectivity index (χ0) is 15.4. The lowest BCUT2D eigenvalue weighted by molar-refractivity contribution is 0.102. The molecule has 0 radical (unpaired) electrons. The Hall–Kier alpha value is -2.39. The molecule has 6 heteroatoms. The van der Waals surface area contributed by atoms with Crippen LogP contribution < -0.4 is 10.1 Å². The van der Waals surface area contributed by atoms with Crippen LogP contribution >= 0.6 is 15.9 Å². The van der Waals surface area contributed by atoms with Crippen LogP contribution in [-0.4, -0.2) is 13.0 Å². The van der Waals surface area contributed by atoms with Gasteiger partial charge in [-0.05, 0) is 36.4 Å². The van der Waals surface area contributed by atoms with E-state index in [1.165, 1.54) is 19.2 Å². The van der Waals surface area contributed by atoms with E-state index in [0.29, 0.717) is 11.3 Å². The third-order valence-electron chi connectivity index (χ3n) is 2.76. The first-order chi connectivity index (χ1) is 10.0. The number of nitriles is 1. The van der Waals surface area contributed by atoms with Crippen molar-refractivity contribution < 1.29 is 13.9 Å². The number of ether oxygens (including phenoxy) is 1. The van der Waals surface area contributed by atoms with Crippen molar-refractivity contribution in [3.63, 3.8) is 0 Å². The van der Waals surface area contributed by atoms with Gasteiger partial charge >= 0.3 is 0 Å². The second-order valence-corrected chi connectivity index (χ2v) is 5.02. The first-order valence-electron chi connectivity index (χ1n) is 5.89. The Morgan fingerprint density at radius 3 is 2.76 bits per heavy atom. The number of benzene rings is 2. The minimum Gasteiger partial charge on any atom is -0.496 e. The number of carbonyl (C=O) groups is 1. The minimum absolute atomic E-state index is 0.0550. The number of hydrogen-bond acceptors (Lipinski definition) is 3. The molecular weight excluding hydrogens is 339 g/mol. The van der Waals surface area contributed by atoms with Crippen LogP contribution in [0.5, 0.6) is 5.75 Å². The third kappa shape index (κ3) is 3.38. The zero-order valence-corrected chi connectivity index (χ0v) is 12.6. The smallest absolute Gasteiger partial charge is 0.259 e. The molecule has 0 aliphatic rings. The predicted molar refractivity (Wildman–Crippen MR) is 79.8 cm³/mol. The molecule has 1 amide bonds. The van der Waals surface area contributed by atoms with Crippen molar-refractivity contribution in [3.05, 3.63) is 57.8 Å². The Morgan fingerprint density at radius 1 is 1.33 bits per heavy atom. The van der Waals surface area contributed by atoms with Crippen LogP contribution in [0.1, 0.15) is 15.9 Å². The molecule has 0 fully saturated rings. The zero-order valence-electron chi connectivity index (χ0n) is 11.0. The van der Waals surface area contributed by atoms with Crippen LogP contribution in [-0.2, 0) is 0 Å². The van der Waals surface area contributed by atoms with Gasteiger partial charge in [-0.3, -0.25) is 4.79 Å². The Labute approximate surface area is 129 Å². The van der Waals surface area contributed by atoms with E-state index in [1.807, 2.05) is 6.07 Å². The summed E-state index contributed by atoms with van der Waals surface area (Å²) in [7, 11) is 1.46. The number of methoxy groups -OCH3 is 1. The Bertz CT molecular complexity index is 741. The van der Waals surface area contributed by atoms with Crippen molar-refractivity contribution in [2.24, 2.45) is 0 Å². The molecule has 4 nitrogen and oxygen atoms in total. The molecule has 0 saturated carbocycles. The molecule has 106 valence electrons. The molecule has 0 aromatic heterocycles. The topological polar surface area (TPSA) is 62.1 Å². The summed E-state index contributed by atoms with van der Waals surface area (Å²) >= 11 is 3.29. The molecule has 0 aliphatic carbocycles. The number of halogens is 2. The second kappa shape index (κ2) is 6.37. The van der Waals surface area contributed by atoms with E-state index in [2.05, 4.69) is 21.2 Å². The Kier molecular flexibility index (Phi) is 4.55. The molecule has 2 aromatic carbocycles. The van der Waals surface area contributed by atoms with Gasteiger partial charge in [-0.25, -0.2) is 4.39 Å². The minimum atomic E-state index is -0.536. The molecule has 0 bridgehead atoms. The number of nitrogens with zero attached hydrogens (tertiary/aromatic N) is 1. The molecule has 0 heterocycles. The summed E-state index contributed by atoms with van der Waals surface area (Å²) in [5.74, 6) is -0.587. The molecule has 2 aromatic rings. The number of rotatable bonds is 3. The van der Waals surface area contributed by atoms with E-state index in [1.54, 1.807) is 18.2 Å². The lowest BCUT2D eigenvalue weighted by atomic mass is 10.1. The molecule has 2 rings (SSSR count). The molecule has 1 N–H and O–H groups in total. The molecule has 21 heavy (non-hydrogen) atoms. The van der Waals surface area contributed by atoms with Crippen molar-refractivity contribution in [1.29, 1.82) is 5.26 Å². The monoisotopic (exact) mass is 348 g/mol. The molecule has 0 spiro atoms. The maximum absolute atomic E-state index is 13.1. The quantitative estimate of drug-likeness (QED) is 0.919. The SMILES string of the molecule is COc1cc(Br)ccc1C(=O)Nc1ccc(F)cc1C#N. The van der Waals surface area contributed by atoms with E-state index < -0.39 is 11.7 Å². The molecule has 0 saturated heterocycles. The number of anilines is 1. The van der Waals surface area contributed by atoms with E-state index in [0.717, 1.165) is 10.5 Å². The lowest BCUT2D eigenvalue weighted by Crippen LogP contribution is -2.14. The van der Waals surface area contributed by atoms with Gasteiger partial charge in [0, 0.05) is 4.47 Å². The summed E-state index contributed by atoms with van der Waals surface area (Å²) < 4.78 is 19.0. The highest BCUT2D eigenvalue weighted by Gasteiger charge is 2.14. The maximum Gasteiger partial charge on any atom is 0.259 e. The summed E-state index contributed by atoms with van der Waals surface area (Å²) in [6, 6.07) is 10.4. The first kappa shape index (κ1) is 15.0. The van der Waals surface area contributed by atoms with Crippen molar-refractivity contribution in [2.45, 2.75) is 0 Å². The fourth-order valence-corrected chi connectivity index (χ4v) is 2.10. The van der Waals surface area contributed by atoms with Gasteiger partial charge in [-0.1, -0.05) is 15.9 Å². The van der Waals surface area contributed by atoms with Crippen LogP contribution in [0.15, 0.2) is 40.9 Å². The average molecular weight is 349 g/mol. The number of amides is 1. The third-order valence-corrected chi connectivity index (χ3v) is 3.25. The fourth-order valence-electron chi connectivity index (χ4n) is 1.76. The van der Waals surface area contributed by atoms with Crippen LogP contribution in [0.3, 0.4) is 0 Å². The highest BCUT2D eigenvalue weighted by Crippen LogP contribution is 2.25. The number of hydrogen-bond donors (Lipinski definition) is 1. The predicted octanol–water partition coefficient (Wildman–Crippen LogP) is 3.72. The first-order valence-corrected chi connectivity index (χ1v) is 6.69. The summed E-state index contributed by atoms with van der Waals surface area (Å²) in [5.41, 5.74) is 0.613. The standard InChI is InChI=1S/C15H10BrFN2O2/c1-21-14-7-10(16)2-4-12(14)15(20)19-13-5-3-11(17)6-9(13)8-18/h2-7H,1H3,(H,19,20). The van der Waals surface area contributed by atoms with Gasteiger partial charge < -0.3 is 10.1 Å². The Morgan fingerprint density at radius 2 is 2.10 bits per heavy atom. The molecule has 0 atom stereocenters. The van der Waals surface area contributed by atoms with E-state index >= 15 is 0 Å². The van der Waals surface area contributed by atoms with Crippen molar-refractivity contribution >= 4 is 27.5 Å². The average Bonchev–Trinajstić information content (AvgIpc) is 2.48. The number of carbonyl (C=O) groups excluding carboxylic acids is 1. The summed E-state index contributed by atoms with van der Waals surface area (Å²) in [4.78, 5) is 12.2. The highest BCUT2D eigenvalue weighted by molar-refractivity contribution is 9.10. The van der Waals surface area contributed by atoms with Gasteiger partial charge in [0.1, 0.15) is 17.6 Å². The summed E-state index contributed by atoms with van der Waals surface area (Å²) in [6.07, 6.45) is 0. The van der Waals surface area contributed by atoms with E-state index in [-0.39, 0.29) is 11.3 Å². The van der Waals surface area contributed by atoms with E-state index in [4.69, 9.17) is 10.00 Å².